The Morgan fingerprint density at radius 3 is 2.56 bits per heavy atom. The minimum atomic E-state index is -1.11. The van der Waals surface area contributed by atoms with E-state index in [1.807, 2.05) is 0 Å². The van der Waals surface area contributed by atoms with Crippen molar-refractivity contribution in [1.29, 1.82) is 0 Å². The molecule has 102 valence electrons. The zero-order valence-electron chi connectivity index (χ0n) is 10.2. The average Bonchev–Trinajstić information content (AvgIpc) is 2.80. The molecule has 0 bridgehead atoms. The van der Waals surface area contributed by atoms with Crippen molar-refractivity contribution in [3.05, 3.63) is 0 Å². The van der Waals surface area contributed by atoms with E-state index in [1.165, 1.54) is 9.80 Å². The van der Waals surface area contributed by atoms with E-state index in [9.17, 15) is 19.8 Å². The third kappa shape index (κ3) is 2.41. The van der Waals surface area contributed by atoms with Crippen molar-refractivity contribution in [2.75, 3.05) is 19.6 Å². The van der Waals surface area contributed by atoms with Crippen LogP contribution in [0, 0.1) is 0 Å². The minimum absolute atomic E-state index is 0.0362. The van der Waals surface area contributed by atoms with Gasteiger partial charge >= 0.3 is 12.0 Å². The number of nitrogens with zero attached hydrogens (tertiary/aromatic N) is 2. The lowest BCUT2D eigenvalue weighted by Crippen LogP contribution is -2.48. The topological polar surface area (TPSA) is 101 Å². The normalized spacial score (nSPS) is 36.2. The maximum Gasteiger partial charge on any atom is 0.326 e. The van der Waals surface area contributed by atoms with Crippen LogP contribution in [-0.2, 0) is 4.79 Å². The van der Waals surface area contributed by atoms with Crippen LogP contribution in [0.1, 0.15) is 19.8 Å². The molecule has 0 radical (unpaired) electrons. The monoisotopic (exact) mass is 258 g/mol. The molecular weight excluding hydrogens is 240 g/mol. The van der Waals surface area contributed by atoms with Crippen LogP contribution < -0.4 is 0 Å². The van der Waals surface area contributed by atoms with E-state index in [0.717, 1.165) is 0 Å². The van der Waals surface area contributed by atoms with E-state index in [-0.39, 0.29) is 19.5 Å². The van der Waals surface area contributed by atoms with Gasteiger partial charge in [-0.25, -0.2) is 9.59 Å². The first kappa shape index (κ1) is 13.1. The van der Waals surface area contributed by atoms with Crippen LogP contribution in [0.4, 0.5) is 4.79 Å². The third-order valence-electron chi connectivity index (χ3n) is 3.53. The third-order valence-corrected chi connectivity index (χ3v) is 3.53. The van der Waals surface area contributed by atoms with Gasteiger partial charge in [0, 0.05) is 19.5 Å². The zero-order chi connectivity index (χ0) is 13.5. The van der Waals surface area contributed by atoms with Crippen LogP contribution in [0.15, 0.2) is 0 Å². The van der Waals surface area contributed by atoms with Gasteiger partial charge in [0.05, 0.1) is 18.2 Å². The lowest BCUT2D eigenvalue weighted by Gasteiger charge is -2.27. The second kappa shape index (κ2) is 4.40. The number of carbonyl (C=O) groups is 2. The lowest BCUT2D eigenvalue weighted by molar-refractivity contribution is -0.141. The van der Waals surface area contributed by atoms with E-state index >= 15 is 0 Å². The van der Waals surface area contributed by atoms with Crippen molar-refractivity contribution in [2.24, 2.45) is 0 Å². The predicted octanol–water partition coefficient (Wildman–Crippen LogP) is -0.917. The molecule has 2 aliphatic rings. The van der Waals surface area contributed by atoms with Gasteiger partial charge in [0.25, 0.3) is 0 Å². The molecule has 2 fully saturated rings. The maximum atomic E-state index is 12.2. The van der Waals surface area contributed by atoms with E-state index in [0.29, 0.717) is 13.0 Å². The number of urea groups is 1. The Morgan fingerprint density at radius 2 is 2.06 bits per heavy atom. The molecule has 18 heavy (non-hydrogen) atoms. The smallest absolute Gasteiger partial charge is 0.326 e. The van der Waals surface area contributed by atoms with Gasteiger partial charge < -0.3 is 25.1 Å². The molecule has 2 heterocycles. The Labute approximate surface area is 105 Å². The van der Waals surface area contributed by atoms with Gasteiger partial charge in [-0.2, -0.15) is 0 Å². The van der Waals surface area contributed by atoms with Crippen molar-refractivity contribution < 1.29 is 24.9 Å². The summed E-state index contributed by atoms with van der Waals surface area (Å²) in [7, 11) is 0. The van der Waals surface area contributed by atoms with Crippen molar-refractivity contribution in [3.63, 3.8) is 0 Å². The van der Waals surface area contributed by atoms with Crippen LogP contribution in [0.3, 0.4) is 0 Å². The number of amides is 2. The second-order valence-electron chi connectivity index (χ2n) is 5.35. The summed E-state index contributed by atoms with van der Waals surface area (Å²) in [4.78, 5) is 25.8. The van der Waals surface area contributed by atoms with Gasteiger partial charge in [-0.15, -0.1) is 0 Å². The quantitative estimate of drug-likeness (QED) is 0.565. The fourth-order valence-corrected chi connectivity index (χ4v) is 2.55. The van der Waals surface area contributed by atoms with Gasteiger partial charge in [0.2, 0.25) is 0 Å². The Bertz CT molecular complexity index is 370. The molecule has 7 heteroatoms. The first-order valence-electron chi connectivity index (χ1n) is 5.99. The molecule has 3 atom stereocenters. The summed E-state index contributed by atoms with van der Waals surface area (Å²) in [5.74, 6) is -1.11. The van der Waals surface area contributed by atoms with Crippen LogP contribution in [0.25, 0.3) is 0 Å². The van der Waals surface area contributed by atoms with Crippen molar-refractivity contribution in [3.8, 4) is 0 Å². The summed E-state index contributed by atoms with van der Waals surface area (Å²) in [6.07, 6.45) is -0.254. The van der Waals surface area contributed by atoms with Gasteiger partial charge in [-0.1, -0.05) is 0 Å². The Morgan fingerprint density at radius 1 is 1.39 bits per heavy atom. The lowest BCUT2D eigenvalue weighted by atomic mass is 10.1. The summed E-state index contributed by atoms with van der Waals surface area (Å²) >= 11 is 0. The molecular formula is C11H18N2O5. The molecule has 3 unspecified atom stereocenters. The molecule has 0 spiro atoms. The van der Waals surface area contributed by atoms with Gasteiger partial charge in [-0.3, -0.25) is 0 Å². The highest BCUT2D eigenvalue weighted by Crippen LogP contribution is 2.25. The zero-order valence-corrected chi connectivity index (χ0v) is 10.2. The summed E-state index contributed by atoms with van der Waals surface area (Å²) in [5.41, 5.74) is -0.910. The van der Waals surface area contributed by atoms with Crippen molar-refractivity contribution in [1.82, 2.24) is 9.80 Å². The van der Waals surface area contributed by atoms with Gasteiger partial charge in [0.1, 0.15) is 6.04 Å². The first-order chi connectivity index (χ1) is 8.30. The van der Waals surface area contributed by atoms with E-state index < -0.39 is 29.7 Å². The Balaban J connectivity index is 2.07. The van der Waals surface area contributed by atoms with Crippen LogP contribution >= 0.6 is 0 Å². The van der Waals surface area contributed by atoms with E-state index in [1.54, 1.807) is 6.92 Å². The number of hydrogen-bond donors (Lipinski definition) is 3. The molecule has 0 saturated carbocycles. The molecule has 0 aromatic carbocycles. The minimum Gasteiger partial charge on any atom is -0.480 e. The van der Waals surface area contributed by atoms with Gasteiger partial charge in [0.15, 0.2) is 0 Å². The van der Waals surface area contributed by atoms with Crippen LogP contribution in [-0.4, -0.2) is 74.5 Å². The number of aliphatic carboxylic acids is 1. The Hall–Kier alpha value is -1.34. The number of carboxylic acid groups (broad SMARTS) is 1. The second-order valence-corrected chi connectivity index (χ2v) is 5.35. The number of rotatable bonds is 1. The number of hydrogen-bond acceptors (Lipinski definition) is 4. The van der Waals surface area contributed by atoms with Gasteiger partial charge in [-0.05, 0) is 13.3 Å². The molecule has 2 aliphatic heterocycles. The fourth-order valence-electron chi connectivity index (χ4n) is 2.55. The first-order valence-corrected chi connectivity index (χ1v) is 5.99. The summed E-state index contributed by atoms with van der Waals surface area (Å²) in [5, 5.41) is 28.3. The molecule has 0 aromatic heterocycles. The van der Waals surface area contributed by atoms with Crippen molar-refractivity contribution >= 4 is 12.0 Å². The summed E-state index contributed by atoms with van der Waals surface area (Å²) in [6.45, 7) is 2.29. The van der Waals surface area contributed by atoms with Crippen LogP contribution in [0.5, 0.6) is 0 Å². The average molecular weight is 258 g/mol. The molecule has 2 rings (SSSR count). The molecule has 0 aromatic rings. The SMILES string of the molecule is CC1(O)CCN(C(=O)N2CC(O)CC2C(=O)O)C1. The molecule has 0 aliphatic carbocycles. The molecule has 2 amide bonds. The largest absolute Gasteiger partial charge is 0.480 e. The molecule has 2 saturated heterocycles. The standard InChI is InChI=1S/C11H18N2O5/c1-11(18)2-3-12(6-11)10(17)13-5-7(14)4-8(13)9(15)16/h7-8,14,18H,2-6H2,1H3,(H,15,16). The summed E-state index contributed by atoms with van der Waals surface area (Å²) < 4.78 is 0. The highest BCUT2D eigenvalue weighted by Gasteiger charge is 2.43. The van der Waals surface area contributed by atoms with E-state index in [2.05, 4.69) is 0 Å². The van der Waals surface area contributed by atoms with Crippen LogP contribution in [0.2, 0.25) is 0 Å². The number of likely N-dealkylation sites (tertiary alicyclic amines) is 2. The predicted molar refractivity (Wildman–Crippen MR) is 61.0 cm³/mol. The summed E-state index contributed by atoms with van der Waals surface area (Å²) in [6, 6.07) is -1.39. The highest BCUT2D eigenvalue weighted by molar-refractivity contribution is 5.83. The number of carboxylic acids is 1. The number of aliphatic hydroxyl groups is 2. The van der Waals surface area contributed by atoms with Crippen molar-refractivity contribution in [2.45, 2.75) is 37.5 Å². The maximum absolute atomic E-state index is 12.2. The molecule has 7 nitrogen and oxygen atoms in total. The Kier molecular flexibility index (Phi) is 3.20. The number of aliphatic hydroxyl groups excluding tert-OH is 1. The number of carbonyl (C=O) groups excluding carboxylic acids is 1. The number of β-amino-alcohol motifs (C(OH)–C–C–N with tert-alkyl or cyclic N) is 2. The highest BCUT2D eigenvalue weighted by atomic mass is 16.4. The van der Waals surface area contributed by atoms with E-state index in [4.69, 9.17) is 5.11 Å². The fraction of sp³-hybridized carbons (Fsp3) is 0.818. The molecule has 3 N–H and O–H groups in total.